The molecule has 1 aromatic heterocycles. The number of carbonyl (C=O) groups is 1. The molecule has 0 bridgehead atoms. The third-order valence-electron chi connectivity index (χ3n) is 2.86. The van der Waals surface area contributed by atoms with Crippen molar-refractivity contribution >= 4 is 39.6 Å². The number of hydrogen-bond donors (Lipinski definition) is 1. The Balaban J connectivity index is 2.35. The minimum atomic E-state index is -0.949. The van der Waals surface area contributed by atoms with Crippen LogP contribution in [0.3, 0.4) is 0 Å². The molecule has 1 heterocycles. The first-order valence-corrected chi connectivity index (χ1v) is 8.84. The van der Waals surface area contributed by atoms with E-state index in [1.165, 1.54) is 12.1 Å². The molecule has 21 heavy (non-hydrogen) atoms. The molecule has 0 radical (unpaired) electrons. The minimum absolute atomic E-state index is 0.122. The third-order valence-corrected chi connectivity index (χ3v) is 5.11. The number of carboxylic acid groups (broad SMARTS) is 1. The van der Waals surface area contributed by atoms with Gasteiger partial charge in [-0.3, -0.25) is 9.00 Å². The van der Waals surface area contributed by atoms with Gasteiger partial charge in [-0.05, 0) is 18.2 Å². The Hall–Kier alpha value is -1.41. The molecule has 1 N–H and O–H groups in total. The van der Waals surface area contributed by atoms with Crippen LogP contribution in [0.1, 0.15) is 6.92 Å². The number of fused-ring (bicyclic) bond motifs is 1. The average molecular weight is 330 g/mol. The molecule has 114 valence electrons. The van der Waals surface area contributed by atoms with Crippen LogP contribution in [0.25, 0.3) is 11.0 Å². The van der Waals surface area contributed by atoms with Crippen molar-refractivity contribution in [3.8, 4) is 0 Å². The monoisotopic (exact) mass is 330 g/mol. The van der Waals surface area contributed by atoms with Crippen LogP contribution in [-0.2, 0) is 22.1 Å². The summed E-state index contributed by atoms with van der Waals surface area (Å²) >= 11 is 1.08. The Labute approximate surface area is 128 Å². The first-order valence-electron chi connectivity index (χ1n) is 6.36. The quantitative estimate of drug-likeness (QED) is 0.787. The summed E-state index contributed by atoms with van der Waals surface area (Å²) in [6.45, 7) is 2.25. The molecule has 0 amide bonds. The van der Waals surface area contributed by atoms with Gasteiger partial charge in [0, 0.05) is 28.9 Å². The van der Waals surface area contributed by atoms with E-state index in [-0.39, 0.29) is 11.6 Å². The number of imidazole rings is 1. The van der Waals surface area contributed by atoms with Crippen LogP contribution in [0, 0.1) is 5.82 Å². The van der Waals surface area contributed by atoms with Crippen LogP contribution in [0.5, 0.6) is 0 Å². The maximum atomic E-state index is 13.4. The normalized spacial score (nSPS) is 12.7. The smallest absolute Gasteiger partial charge is 0.313 e. The molecule has 1 aromatic carbocycles. The molecule has 0 saturated heterocycles. The van der Waals surface area contributed by atoms with Crippen LogP contribution < -0.4 is 0 Å². The van der Waals surface area contributed by atoms with E-state index in [1.54, 1.807) is 10.6 Å². The van der Waals surface area contributed by atoms with E-state index in [0.29, 0.717) is 34.2 Å². The fourth-order valence-corrected chi connectivity index (χ4v) is 3.30. The number of benzene rings is 1. The predicted octanol–water partition coefficient (Wildman–Crippen LogP) is 2.12. The number of aliphatic carboxylic acids is 1. The zero-order chi connectivity index (χ0) is 15.4. The highest BCUT2D eigenvalue weighted by molar-refractivity contribution is 7.99. The first-order chi connectivity index (χ1) is 10.0. The minimum Gasteiger partial charge on any atom is -0.481 e. The highest BCUT2D eigenvalue weighted by Gasteiger charge is 2.14. The summed E-state index contributed by atoms with van der Waals surface area (Å²) in [6, 6.07) is 4.24. The predicted molar refractivity (Wildman–Crippen MR) is 81.6 cm³/mol. The van der Waals surface area contributed by atoms with Crippen molar-refractivity contribution in [2.75, 3.05) is 17.3 Å². The van der Waals surface area contributed by atoms with Gasteiger partial charge in [0.25, 0.3) is 0 Å². The van der Waals surface area contributed by atoms with Crippen molar-refractivity contribution in [1.29, 1.82) is 0 Å². The maximum absolute atomic E-state index is 13.4. The number of hydrogen-bond acceptors (Lipinski definition) is 4. The van der Waals surface area contributed by atoms with Crippen molar-refractivity contribution in [1.82, 2.24) is 9.55 Å². The molecule has 0 saturated carbocycles. The van der Waals surface area contributed by atoms with Gasteiger partial charge in [0.2, 0.25) is 0 Å². The third kappa shape index (κ3) is 4.04. The number of nitrogens with zero attached hydrogens (tertiary/aromatic N) is 2. The zero-order valence-corrected chi connectivity index (χ0v) is 13.0. The van der Waals surface area contributed by atoms with Gasteiger partial charge in [0.05, 0.1) is 16.8 Å². The summed E-state index contributed by atoms with van der Waals surface area (Å²) in [6.07, 6.45) is 0. The largest absolute Gasteiger partial charge is 0.481 e. The SMILES string of the molecule is CCS(=O)CCn1c(SCC(=O)O)nc2ccc(F)cc21. The van der Waals surface area contributed by atoms with Gasteiger partial charge < -0.3 is 9.67 Å². The van der Waals surface area contributed by atoms with E-state index >= 15 is 0 Å². The van der Waals surface area contributed by atoms with Gasteiger partial charge >= 0.3 is 5.97 Å². The molecule has 2 aromatic rings. The number of carboxylic acids is 1. The molecule has 1 unspecified atom stereocenters. The van der Waals surface area contributed by atoms with Gasteiger partial charge in [0.15, 0.2) is 5.16 Å². The summed E-state index contributed by atoms with van der Waals surface area (Å²) in [5, 5.41) is 9.28. The van der Waals surface area contributed by atoms with Gasteiger partial charge in [0.1, 0.15) is 5.82 Å². The van der Waals surface area contributed by atoms with Gasteiger partial charge in [-0.25, -0.2) is 9.37 Å². The zero-order valence-electron chi connectivity index (χ0n) is 11.4. The van der Waals surface area contributed by atoms with Crippen molar-refractivity contribution in [3.63, 3.8) is 0 Å². The lowest BCUT2D eigenvalue weighted by atomic mass is 10.3. The lowest BCUT2D eigenvalue weighted by molar-refractivity contribution is -0.133. The van der Waals surface area contributed by atoms with E-state index in [2.05, 4.69) is 4.98 Å². The molecule has 0 aliphatic carbocycles. The second kappa shape index (κ2) is 7.04. The van der Waals surface area contributed by atoms with E-state index in [1.807, 2.05) is 6.92 Å². The standard InChI is InChI=1S/C13H15FN2O3S2/c1-2-21(19)6-5-16-11-7-9(14)3-4-10(11)15-13(16)20-8-12(17)18/h3-4,7H,2,5-6,8H2,1H3,(H,17,18). The van der Waals surface area contributed by atoms with Crippen LogP contribution in [-0.4, -0.2) is 42.1 Å². The summed E-state index contributed by atoms with van der Waals surface area (Å²) < 4.78 is 26.7. The number of rotatable bonds is 7. The molecule has 1 atom stereocenters. The first kappa shape index (κ1) is 16.0. The molecule has 5 nitrogen and oxygen atoms in total. The summed E-state index contributed by atoms with van der Waals surface area (Å²) in [4.78, 5) is 15.0. The van der Waals surface area contributed by atoms with Crippen LogP contribution in [0.15, 0.2) is 23.4 Å². The Kier molecular flexibility index (Phi) is 5.35. The second-order valence-corrected chi connectivity index (χ2v) is 7.10. The maximum Gasteiger partial charge on any atom is 0.313 e. The van der Waals surface area contributed by atoms with Crippen molar-refractivity contribution in [2.24, 2.45) is 0 Å². The Morgan fingerprint density at radius 1 is 1.52 bits per heavy atom. The van der Waals surface area contributed by atoms with Crippen molar-refractivity contribution in [2.45, 2.75) is 18.6 Å². The summed E-state index contributed by atoms with van der Waals surface area (Å²) in [5.41, 5.74) is 1.20. The van der Waals surface area contributed by atoms with Crippen molar-refractivity contribution < 1.29 is 18.5 Å². The van der Waals surface area contributed by atoms with Crippen LogP contribution in [0.4, 0.5) is 4.39 Å². The van der Waals surface area contributed by atoms with E-state index in [4.69, 9.17) is 5.11 Å². The molecule has 8 heteroatoms. The van der Waals surface area contributed by atoms with E-state index in [9.17, 15) is 13.4 Å². The molecule has 0 aliphatic rings. The van der Waals surface area contributed by atoms with Crippen molar-refractivity contribution in [3.05, 3.63) is 24.0 Å². The van der Waals surface area contributed by atoms with Gasteiger partial charge in [-0.15, -0.1) is 0 Å². The number of halogens is 1. The van der Waals surface area contributed by atoms with Crippen LogP contribution >= 0.6 is 11.8 Å². The fraction of sp³-hybridized carbons (Fsp3) is 0.385. The average Bonchev–Trinajstić information content (AvgIpc) is 2.79. The Morgan fingerprint density at radius 3 is 2.95 bits per heavy atom. The number of thioether (sulfide) groups is 1. The van der Waals surface area contributed by atoms with E-state index in [0.717, 1.165) is 11.8 Å². The Morgan fingerprint density at radius 2 is 2.29 bits per heavy atom. The highest BCUT2D eigenvalue weighted by atomic mass is 32.2. The topological polar surface area (TPSA) is 72.2 Å². The number of aryl methyl sites for hydroxylation is 1. The molecule has 0 aliphatic heterocycles. The fourth-order valence-electron chi connectivity index (χ4n) is 1.86. The second-order valence-electron chi connectivity index (χ2n) is 4.29. The molecule has 2 rings (SSSR count). The molecular weight excluding hydrogens is 315 g/mol. The van der Waals surface area contributed by atoms with E-state index < -0.39 is 16.8 Å². The van der Waals surface area contributed by atoms with Gasteiger partial charge in [-0.1, -0.05) is 18.7 Å². The molecular formula is C13H15FN2O3S2. The highest BCUT2D eigenvalue weighted by Crippen LogP contribution is 2.24. The molecule has 0 spiro atoms. The lowest BCUT2D eigenvalue weighted by Crippen LogP contribution is -2.10. The number of aromatic nitrogens is 2. The van der Waals surface area contributed by atoms with Crippen LogP contribution in [0.2, 0.25) is 0 Å². The van der Waals surface area contributed by atoms with Gasteiger partial charge in [-0.2, -0.15) is 0 Å². The summed E-state index contributed by atoms with van der Waals surface area (Å²) in [7, 11) is -0.949. The Bertz CT molecular complexity index is 687. The summed E-state index contributed by atoms with van der Waals surface area (Å²) in [5.74, 6) is -0.461. The lowest BCUT2D eigenvalue weighted by Gasteiger charge is -2.07. The molecule has 0 fully saturated rings.